The van der Waals surface area contributed by atoms with Crippen LogP contribution in [-0.4, -0.2) is 36.4 Å². The molecule has 0 unspecified atom stereocenters. The normalized spacial score (nSPS) is 10.2. The number of hydrogen-bond donors (Lipinski definition) is 2. The maximum absolute atomic E-state index is 13.1. The third kappa shape index (κ3) is 7.20. The van der Waals surface area contributed by atoms with Gasteiger partial charge in [-0.1, -0.05) is 30.3 Å². The molecule has 0 spiro atoms. The van der Waals surface area contributed by atoms with Crippen LogP contribution < -0.4 is 15.8 Å². The Hall–Kier alpha value is -4.15. The second-order valence-electron chi connectivity index (χ2n) is 7.41. The molecule has 168 valence electrons. The summed E-state index contributed by atoms with van der Waals surface area (Å²) in [5, 5.41) is 11.8. The number of hydrogen-bond acceptors (Lipinski definition) is 5. The monoisotopic (exact) mass is 442 g/mol. The van der Waals surface area contributed by atoms with Crippen LogP contribution >= 0.6 is 0 Å². The SMILES string of the molecule is N#Cc1ccc(C(=O)N(CCCN)Cc2cccc(NC(=O)COc3ccccc3)c2)cc1. The molecule has 0 saturated heterocycles. The molecular formula is C26H26N4O3. The Labute approximate surface area is 193 Å². The summed E-state index contributed by atoms with van der Waals surface area (Å²) in [5.41, 5.74) is 8.17. The number of benzene rings is 3. The van der Waals surface area contributed by atoms with Crippen LogP contribution in [-0.2, 0) is 11.3 Å². The quantitative estimate of drug-likeness (QED) is 0.499. The number of nitrogens with two attached hydrogens (primary N) is 1. The summed E-state index contributed by atoms with van der Waals surface area (Å²) in [5.74, 6) is 0.210. The number of nitrogens with zero attached hydrogens (tertiary/aromatic N) is 2. The predicted molar refractivity (Wildman–Crippen MR) is 127 cm³/mol. The van der Waals surface area contributed by atoms with Crippen LogP contribution in [0.5, 0.6) is 5.75 Å². The Morgan fingerprint density at radius 3 is 2.45 bits per heavy atom. The molecule has 33 heavy (non-hydrogen) atoms. The van der Waals surface area contributed by atoms with Gasteiger partial charge in [0.05, 0.1) is 11.6 Å². The van der Waals surface area contributed by atoms with Gasteiger partial charge in [0.2, 0.25) is 0 Å². The van der Waals surface area contributed by atoms with Crippen molar-refractivity contribution in [1.82, 2.24) is 4.90 Å². The molecule has 7 nitrogen and oxygen atoms in total. The molecule has 0 bridgehead atoms. The number of carbonyl (C=O) groups excluding carboxylic acids is 2. The van der Waals surface area contributed by atoms with Gasteiger partial charge >= 0.3 is 0 Å². The van der Waals surface area contributed by atoms with Crippen LogP contribution in [0.15, 0.2) is 78.9 Å². The van der Waals surface area contributed by atoms with Crippen LogP contribution in [0.25, 0.3) is 0 Å². The smallest absolute Gasteiger partial charge is 0.262 e. The summed E-state index contributed by atoms with van der Waals surface area (Å²) < 4.78 is 5.48. The minimum absolute atomic E-state index is 0.103. The Kier molecular flexibility index (Phi) is 8.57. The van der Waals surface area contributed by atoms with E-state index in [9.17, 15) is 9.59 Å². The van der Waals surface area contributed by atoms with E-state index in [1.54, 1.807) is 47.4 Å². The van der Waals surface area contributed by atoms with E-state index in [1.165, 1.54) is 0 Å². The largest absolute Gasteiger partial charge is 0.484 e. The predicted octanol–water partition coefficient (Wildman–Crippen LogP) is 3.57. The van der Waals surface area contributed by atoms with Gasteiger partial charge in [0.15, 0.2) is 6.61 Å². The van der Waals surface area contributed by atoms with Gasteiger partial charge in [-0.25, -0.2) is 0 Å². The van der Waals surface area contributed by atoms with Gasteiger partial charge in [-0.3, -0.25) is 9.59 Å². The third-order valence-electron chi connectivity index (χ3n) is 4.88. The third-order valence-corrected chi connectivity index (χ3v) is 4.88. The first-order valence-electron chi connectivity index (χ1n) is 10.6. The number of ether oxygens (including phenoxy) is 1. The summed E-state index contributed by atoms with van der Waals surface area (Å²) in [6.07, 6.45) is 0.662. The van der Waals surface area contributed by atoms with Crippen molar-refractivity contribution in [2.75, 3.05) is 25.0 Å². The van der Waals surface area contributed by atoms with Gasteiger partial charge in [0.25, 0.3) is 11.8 Å². The van der Waals surface area contributed by atoms with Gasteiger partial charge in [0, 0.05) is 24.3 Å². The lowest BCUT2D eigenvalue weighted by atomic mass is 10.1. The summed E-state index contributed by atoms with van der Waals surface area (Å²) in [7, 11) is 0. The first kappa shape index (κ1) is 23.5. The molecule has 3 aromatic carbocycles. The first-order chi connectivity index (χ1) is 16.1. The molecule has 0 heterocycles. The second-order valence-corrected chi connectivity index (χ2v) is 7.41. The van der Waals surface area contributed by atoms with E-state index in [4.69, 9.17) is 15.7 Å². The van der Waals surface area contributed by atoms with E-state index >= 15 is 0 Å². The minimum atomic E-state index is -0.273. The van der Waals surface area contributed by atoms with Crippen molar-refractivity contribution in [3.8, 4) is 11.8 Å². The Bertz CT molecular complexity index is 1110. The number of para-hydroxylation sites is 1. The van der Waals surface area contributed by atoms with Gasteiger partial charge in [0.1, 0.15) is 5.75 Å². The van der Waals surface area contributed by atoms with Crippen LogP contribution in [0.2, 0.25) is 0 Å². The molecule has 7 heteroatoms. The van der Waals surface area contributed by atoms with E-state index in [0.717, 1.165) is 5.56 Å². The van der Waals surface area contributed by atoms with Crippen molar-refractivity contribution >= 4 is 17.5 Å². The Morgan fingerprint density at radius 2 is 1.76 bits per heavy atom. The second kappa shape index (κ2) is 12.0. The fourth-order valence-corrected chi connectivity index (χ4v) is 3.23. The lowest BCUT2D eigenvalue weighted by Gasteiger charge is -2.23. The number of rotatable bonds is 10. The molecule has 3 rings (SSSR count). The van der Waals surface area contributed by atoms with Crippen LogP contribution in [0.1, 0.15) is 27.9 Å². The zero-order valence-corrected chi connectivity index (χ0v) is 18.2. The lowest BCUT2D eigenvalue weighted by molar-refractivity contribution is -0.118. The zero-order valence-electron chi connectivity index (χ0n) is 18.2. The average Bonchev–Trinajstić information content (AvgIpc) is 2.86. The summed E-state index contributed by atoms with van der Waals surface area (Å²) in [4.78, 5) is 27.0. The van der Waals surface area contributed by atoms with E-state index in [-0.39, 0.29) is 18.4 Å². The van der Waals surface area contributed by atoms with Crippen LogP contribution in [0, 0.1) is 11.3 Å². The summed E-state index contributed by atoms with van der Waals surface area (Å²) in [6.45, 7) is 1.22. The molecule has 0 aliphatic carbocycles. The highest BCUT2D eigenvalue weighted by Crippen LogP contribution is 2.16. The average molecular weight is 443 g/mol. The fraction of sp³-hybridized carbons (Fsp3) is 0.192. The molecule has 0 aliphatic rings. The topological polar surface area (TPSA) is 108 Å². The number of nitrogens with one attached hydrogen (secondary N) is 1. The highest BCUT2D eigenvalue weighted by atomic mass is 16.5. The Morgan fingerprint density at radius 1 is 1.00 bits per heavy atom. The number of nitriles is 1. The van der Waals surface area contributed by atoms with Gasteiger partial charge in [-0.2, -0.15) is 5.26 Å². The molecule has 0 aromatic heterocycles. The van der Waals surface area contributed by atoms with Crippen molar-refractivity contribution in [3.05, 3.63) is 95.6 Å². The molecule has 0 atom stereocenters. The van der Waals surface area contributed by atoms with Crippen molar-refractivity contribution in [3.63, 3.8) is 0 Å². The lowest BCUT2D eigenvalue weighted by Crippen LogP contribution is -2.32. The molecule has 0 radical (unpaired) electrons. The van der Waals surface area contributed by atoms with Crippen LogP contribution in [0.3, 0.4) is 0 Å². The van der Waals surface area contributed by atoms with E-state index in [1.807, 2.05) is 36.4 Å². The Balaban J connectivity index is 1.65. The van der Waals surface area contributed by atoms with Crippen molar-refractivity contribution in [2.45, 2.75) is 13.0 Å². The molecule has 0 fully saturated rings. The maximum atomic E-state index is 13.1. The maximum Gasteiger partial charge on any atom is 0.262 e. The number of anilines is 1. The molecule has 0 saturated carbocycles. The number of amides is 2. The highest BCUT2D eigenvalue weighted by Gasteiger charge is 2.16. The van der Waals surface area contributed by atoms with Gasteiger partial charge < -0.3 is 20.7 Å². The summed E-state index contributed by atoms with van der Waals surface area (Å²) in [6, 6.07) is 25.1. The van der Waals surface area contributed by atoms with Crippen molar-refractivity contribution < 1.29 is 14.3 Å². The molecule has 3 aromatic rings. The fourth-order valence-electron chi connectivity index (χ4n) is 3.23. The van der Waals surface area contributed by atoms with E-state index in [2.05, 4.69) is 11.4 Å². The van der Waals surface area contributed by atoms with Crippen molar-refractivity contribution in [2.24, 2.45) is 5.73 Å². The zero-order chi connectivity index (χ0) is 23.5. The molecule has 2 amide bonds. The number of carbonyl (C=O) groups is 2. The molecule has 3 N–H and O–H groups in total. The summed E-state index contributed by atoms with van der Waals surface area (Å²) >= 11 is 0. The highest BCUT2D eigenvalue weighted by molar-refractivity contribution is 5.94. The van der Waals surface area contributed by atoms with Gasteiger partial charge in [-0.15, -0.1) is 0 Å². The van der Waals surface area contributed by atoms with E-state index < -0.39 is 0 Å². The first-order valence-corrected chi connectivity index (χ1v) is 10.6. The van der Waals surface area contributed by atoms with Gasteiger partial charge in [-0.05, 0) is 67.1 Å². The van der Waals surface area contributed by atoms with Crippen LogP contribution in [0.4, 0.5) is 5.69 Å². The molecule has 0 aliphatic heterocycles. The van der Waals surface area contributed by atoms with E-state index in [0.29, 0.717) is 48.6 Å². The molecular weight excluding hydrogens is 416 g/mol. The standard InChI is InChI=1S/C26H26N4O3/c27-14-5-15-30(26(32)22-12-10-20(17-28)11-13-22)18-21-6-4-7-23(16-21)29-25(31)19-33-24-8-2-1-3-9-24/h1-4,6-13,16H,5,14-15,18-19,27H2,(H,29,31). The minimum Gasteiger partial charge on any atom is -0.484 e. The van der Waals surface area contributed by atoms with Crippen molar-refractivity contribution in [1.29, 1.82) is 5.26 Å².